The zero-order chi connectivity index (χ0) is 80.6. The van der Waals surface area contributed by atoms with Gasteiger partial charge in [-0.15, -0.1) is 0 Å². The molecule has 0 aromatic heterocycles. The van der Waals surface area contributed by atoms with E-state index in [1.807, 2.05) is 0 Å². The third-order valence-electron chi connectivity index (χ3n) is 20.1. The molecule has 566 valence electrons. The summed E-state index contributed by atoms with van der Waals surface area (Å²) >= 11 is 0. The normalized spacial score (nSPS) is 10.1. The van der Waals surface area contributed by atoms with E-state index in [1.165, 1.54) is 187 Å². The van der Waals surface area contributed by atoms with Crippen LogP contribution in [0.1, 0.15) is 111 Å². The molecule has 17 aromatic rings. The number of hydrogen-bond acceptors (Lipinski definition) is 0. The van der Waals surface area contributed by atoms with Crippen molar-refractivity contribution < 1.29 is 0 Å². The summed E-state index contributed by atoms with van der Waals surface area (Å²) in [5.41, 5.74) is 32.1. The van der Waals surface area contributed by atoms with Crippen molar-refractivity contribution in [1.29, 1.82) is 0 Å². The van der Waals surface area contributed by atoms with Crippen LogP contribution >= 0.6 is 0 Å². The van der Waals surface area contributed by atoms with Crippen LogP contribution in [0, 0.1) is 138 Å². The van der Waals surface area contributed by atoms with E-state index in [9.17, 15) is 0 Å². The van der Waals surface area contributed by atoms with Gasteiger partial charge in [0.2, 0.25) is 0 Å². The van der Waals surface area contributed by atoms with Crippen LogP contribution in [0.25, 0.3) is 76.1 Å². The summed E-state index contributed by atoms with van der Waals surface area (Å²) < 4.78 is 0. The Hall–Kier alpha value is -12.0. The van der Waals surface area contributed by atoms with Crippen LogP contribution < -0.4 is 0 Å². The SMILES string of the molecule is Cc1cc2ccccc2cc1C.Cc1ccc(C)c2ccccc12.Cc1ccc(C)cc1.Cc1ccc2cc(C)ccc2c1.Cc1ccc2ccc(C)cc2c1.Cc1cccc(-c2cccc(C)c2)c1.Cc1cccc(C)c1.Cc1cccc2c(C)cccc12.Cc1ccccc1-c1ccccc1C.Cc1ccccc1C. The maximum atomic E-state index is 2.24. The van der Waals surface area contributed by atoms with Crippen LogP contribution in [0.4, 0.5) is 0 Å². The highest BCUT2D eigenvalue weighted by Gasteiger charge is 2.05. The summed E-state index contributed by atoms with van der Waals surface area (Å²) in [5, 5.41) is 13.5. The van der Waals surface area contributed by atoms with Crippen LogP contribution in [-0.4, -0.2) is 0 Å². The predicted molar refractivity (Wildman–Crippen MR) is 498 cm³/mol. The molecule has 0 N–H and O–H groups in total. The summed E-state index contributed by atoms with van der Waals surface area (Å²) in [4.78, 5) is 0. The molecular formula is C112H118. The fraction of sp³-hybridized carbons (Fsp3) is 0.179. The highest BCUT2D eigenvalue weighted by atomic mass is 14.1. The van der Waals surface area contributed by atoms with Gasteiger partial charge < -0.3 is 0 Å². The summed E-state index contributed by atoms with van der Waals surface area (Å²) in [7, 11) is 0. The smallest absolute Gasteiger partial charge is 0.0152 e. The summed E-state index contributed by atoms with van der Waals surface area (Å²) in [6.45, 7) is 42.6. The second-order valence-corrected chi connectivity index (χ2v) is 30.2. The molecule has 0 heterocycles. The van der Waals surface area contributed by atoms with E-state index < -0.39 is 0 Å². The molecule has 0 aliphatic rings. The largest absolute Gasteiger partial charge is 0.0620 e. The Morgan fingerprint density at radius 2 is 0.357 bits per heavy atom. The van der Waals surface area contributed by atoms with Gasteiger partial charge in [-0.3, -0.25) is 0 Å². The van der Waals surface area contributed by atoms with Gasteiger partial charge >= 0.3 is 0 Å². The number of hydrogen-bond donors (Lipinski definition) is 0. The standard InChI is InChI=1S/2C14H14.5C12H12.3C8H10/c1-11-5-3-7-13(9-11)14-8-4-6-12(2)10-14;1-11-7-3-5-9-13(11)14-10-6-4-8-12(14)2;1-9-3-5-12-8-10(2)4-6-11(12)7-9;1-9-3-5-11-6-4-10(2)8-12(11)7-9;1-9-5-3-8-12-10(2)6-4-7-11(9)12;1-9-7-11-5-3-4-6-12(11)8-10(9)2;1-9-7-8-10(2)12-6-4-3-5-11(9)12;1-7-3-5-8(2)6-4-7;1-7-4-3-5-8(2)6-7;1-7-5-3-4-6-8(7)2/h2*3-10H,1-2H3;5*3-8H,1-2H3;3*3-6H,1-2H3. The Morgan fingerprint density at radius 1 is 0.116 bits per heavy atom. The molecule has 0 aliphatic carbocycles. The van der Waals surface area contributed by atoms with Crippen molar-refractivity contribution in [3.8, 4) is 22.3 Å². The molecule has 0 atom stereocenters. The van der Waals surface area contributed by atoms with Gasteiger partial charge in [-0.05, 0) is 270 Å². The van der Waals surface area contributed by atoms with Crippen molar-refractivity contribution in [2.45, 2.75) is 138 Å². The second-order valence-electron chi connectivity index (χ2n) is 30.2. The summed E-state index contributed by atoms with van der Waals surface area (Å²) in [6.07, 6.45) is 0. The van der Waals surface area contributed by atoms with Crippen LogP contribution in [0.3, 0.4) is 0 Å². The zero-order valence-electron chi connectivity index (χ0n) is 70.5. The van der Waals surface area contributed by atoms with Crippen molar-refractivity contribution in [1.82, 2.24) is 0 Å². The molecule has 0 nitrogen and oxygen atoms in total. The molecule has 0 saturated carbocycles. The minimum atomic E-state index is 1.30. The molecule has 112 heavy (non-hydrogen) atoms. The molecule has 0 bridgehead atoms. The van der Waals surface area contributed by atoms with Crippen molar-refractivity contribution >= 4 is 53.9 Å². The molecule has 0 amide bonds. The third-order valence-corrected chi connectivity index (χ3v) is 20.1. The van der Waals surface area contributed by atoms with Gasteiger partial charge in [0.05, 0.1) is 0 Å². The minimum Gasteiger partial charge on any atom is -0.0620 e. The average Bonchev–Trinajstić information content (AvgIpc) is 0.833. The molecule has 17 aromatic carbocycles. The van der Waals surface area contributed by atoms with E-state index >= 15 is 0 Å². The molecule has 0 fully saturated rings. The number of aryl methyl sites for hydroxylation is 20. The summed E-state index contributed by atoms with van der Waals surface area (Å²) in [5.74, 6) is 0. The van der Waals surface area contributed by atoms with Gasteiger partial charge in [0, 0.05) is 0 Å². The van der Waals surface area contributed by atoms with Gasteiger partial charge in [0.1, 0.15) is 0 Å². The molecule has 0 saturated heterocycles. The highest BCUT2D eigenvalue weighted by molar-refractivity contribution is 5.90. The van der Waals surface area contributed by atoms with E-state index in [0.29, 0.717) is 0 Å². The second kappa shape index (κ2) is 43.4. The van der Waals surface area contributed by atoms with E-state index in [2.05, 4.69) is 490 Å². The lowest BCUT2D eigenvalue weighted by molar-refractivity contribution is 1.34. The van der Waals surface area contributed by atoms with E-state index in [1.54, 1.807) is 0 Å². The fourth-order valence-electron chi connectivity index (χ4n) is 13.2. The first-order chi connectivity index (χ1) is 53.8. The molecule has 0 radical (unpaired) electrons. The first-order valence-corrected chi connectivity index (χ1v) is 39.4. The quantitative estimate of drug-likeness (QED) is 0.162. The molecule has 0 heteroatoms. The number of rotatable bonds is 2. The Balaban J connectivity index is 0.000000157. The van der Waals surface area contributed by atoms with E-state index in [4.69, 9.17) is 0 Å². The van der Waals surface area contributed by atoms with Gasteiger partial charge in [-0.25, -0.2) is 0 Å². The van der Waals surface area contributed by atoms with E-state index in [0.717, 1.165) is 0 Å². The number of benzene rings is 17. The average molecular weight is 1460 g/mol. The van der Waals surface area contributed by atoms with Crippen molar-refractivity contribution in [3.05, 3.63) is 463 Å². The fourth-order valence-corrected chi connectivity index (χ4v) is 13.2. The van der Waals surface area contributed by atoms with Gasteiger partial charge in [0.15, 0.2) is 0 Å². The first kappa shape index (κ1) is 85.6. The third kappa shape index (κ3) is 27.3. The Labute approximate surface area is 673 Å². The lowest BCUT2D eigenvalue weighted by Crippen LogP contribution is -1.85. The van der Waals surface area contributed by atoms with Crippen LogP contribution in [-0.2, 0) is 0 Å². The van der Waals surface area contributed by atoms with E-state index in [-0.39, 0.29) is 0 Å². The predicted octanol–water partition coefficient (Wildman–Crippen LogP) is 32.1. The van der Waals surface area contributed by atoms with Crippen LogP contribution in [0.15, 0.2) is 352 Å². The van der Waals surface area contributed by atoms with Crippen molar-refractivity contribution in [2.75, 3.05) is 0 Å². The highest BCUT2D eigenvalue weighted by Crippen LogP contribution is 2.28. The minimum absolute atomic E-state index is 1.30. The topological polar surface area (TPSA) is 0 Å². The van der Waals surface area contributed by atoms with Gasteiger partial charge in [-0.1, -0.05) is 407 Å². The van der Waals surface area contributed by atoms with Gasteiger partial charge in [0.25, 0.3) is 0 Å². The molecule has 0 unspecified atom stereocenters. The van der Waals surface area contributed by atoms with Gasteiger partial charge in [-0.2, -0.15) is 0 Å². The Bertz CT molecular complexity index is 5430. The van der Waals surface area contributed by atoms with Crippen LogP contribution in [0.2, 0.25) is 0 Å². The zero-order valence-corrected chi connectivity index (χ0v) is 70.5. The molecule has 0 aliphatic heterocycles. The Morgan fingerprint density at radius 3 is 0.688 bits per heavy atom. The lowest BCUT2D eigenvalue weighted by atomic mass is 9.97. The maximum absolute atomic E-state index is 2.24. The monoisotopic (exact) mass is 1460 g/mol. The maximum Gasteiger partial charge on any atom is -0.0152 e. The summed E-state index contributed by atoms with van der Waals surface area (Å²) in [6, 6.07) is 124. The molecule has 17 rings (SSSR count). The Kier molecular flexibility index (Phi) is 33.2. The first-order valence-electron chi connectivity index (χ1n) is 39.4. The molecular weight excluding hydrogens is 1350 g/mol. The van der Waals surface area contributed by atoms with Crippen molar-refractivity contribution in [3.63, 3.8) is 0 Å². The lowest BCUT2D eigenvalue weighted by Gasteiger charge is -2.08. The number of fused-ring (bicyclic) bond motifs is 5. The molecule has 0 spiro atoms. The van der Waals surface area contributed by atoms with Crippen LogP contribution in [0.5, 0.6) is 0 Å². The van der Waals surface area contributed by atoms with Crippen molar-refractivity contribution in [2.24, 2.45) is 0 Å².